The maximum Gasteiger partial charge on any atom is 0.0727 e. The van der Waals surface area contributed by atoms with E-state index in [9.17, 15) is 0 Å². The van der Waals surface area contributed by atoms with Gasteiger partial charge in [0, 0.05) is 0 Å². The van der Waals surface area contributed by atoms with Crippen molar-refractivity contribution in [3.05, 3.63) is 0 Å². The summed E-state index contributed by atoms with van der Waals surface area (Å²) in [6, 6.07) is 0. The van der Waals surface area contributed by atoms with Gasteiger partial charge in [0.05, 0.1) is 4.99 Å². The fourth-order valence-corrected chi connectivity index (χ4v) is 0.871. The summed E-state index contributed by atoms with van der Waals surface area (Å²) >= 11 is 4.72. The fourth-order valence-electron chi connectivity index (χ4n) is 0.753. The zero-order valence-corrected chi connectivity index (χ0v) is 5.71. The van der Waals surface area contributed by atoms with Crippen LogP contribution in [0.15, 0.2) is 0 Å². The lowest BCUT2D eigenvalue weighted by atomic mass is 10.2. The molecule has 0 spiro atoms. The summed E-state index contributed by atoms with van der Waals surface area (Å²) in [6.07, 6.45) is 5.00. The van der Waals surface area contributed by atoms with Crippen LogP contribution in [0, 0.1) is 5.92 Å². The summed E-state index contributed by atoms with van der Waals surface area (Å²) in [5, 5.41) is 0. The first-order valence-corrected chi connectivity index (χ1v) is 3.48. The van der Waals surface area contributed by atoms with Crippen LogP contribution in [0.3, 0.4) is 0 Å². The van der Waals surface area contributed by atoms with Gasteiger partial charge in [-0.05, 0) is 18.8 Å². The van der Waals surface area contributed by atoms with E-state index in [0.717, 1.165) is 12.3 Å². The maximum absolute atomic E-state index is 5.30. The van der Waals surface area contributed by atoms with Crippen molar-refractivity contribution < 1.29 is 0 Å². The summed E-state index contributed by atoms with van der Waals surface area (Å²) in [4.78, 5) is 0.678. The van der Waals surface area contributed by atoms with Crippen molar-refractivity contribution in [1.82, 2.24) is 0 Å². The van der Waals surface area contributed by atoms with Crippen LogP contribution in [0.5, 0.6) is 0 Å². The molecule has 0 aromatic carbocycles. The Morgan fingerprint density at radius 1 is 1.62 bits per heavy atom. The Kier molecular flexibility index (Phi) is 1.84. The number of hydrogen-bond donors (Lipinski definition) is 1. The molecule has 8 heavy (non-hydrogen) atoms. The first-order chi connectivity index (χ1) is 3.79. The van der Waals surface area contributed by atoms with E-state index >= 15 is 0 Å². The SMILES string of the molecule is NC(=S)CCC1CC1. The molecule has 0 bridgehead atoms. The molecule has 0 unspecified atom stereocenters. The van der Waals surface area contributed by atoms with E-state index in [4.69, 9.17) is 18.0 Å². The minimum atomic E-state index is 0.678. The second kappa shape index (κ2) is 2.44. The van der Waals surface area contributed by atoms with Crippen LogP contribution in [0.4, 0.5) is 0 Å². The van der Waals surface area contributed by atoms with Crippen molar-refractivity contribution in [1.29, 1.82) is 0 Å². The molecule has 1 aliphatic rings. The largest absolute Gasteiger partial charge is 0.393 e. The average molecular weight is 129 g/mol. The van der Waals surface area contributed by atoms with Gasteiger partial charge in [-0.25, -0.2) is 0 Å². The standard InChI is InChI=1S/C6H11NS/c7-6(8)4-3-5-1-2-5/h5H,1-4H2,(H2,7,8). The molecule has 0 aromatic rings. The molecular weight excluding hydrogens is 118 g/mol. The second-order valence-corrected chi connectivity index (χ2v) is 2.97. The van der Waals surface area contributed by atoms with Gasteiger partial charge in [-0.15, -0.1) is 0 Å². The lowest BCUT2D eigenvalue weighted by molar-refractivity contribution is 0.760. The lowest BCUT2D eigenvalue weighted by Gasteiger charge is -1.92. The van der Waals surface area contributed by atoms with E-state index < -0.39 is 0 Å². The predicted octanol–water partition coefficient (Wildman–Crippen LogP) is 1.46. The van der Waals surface area contributed by atoms with Gasteiger partial charge in [0.25, 0.3) is 0 Å². The quantitative estimate of drug-likeness (QED) is 0.584. The van der Waals surface area contributed by atoms with Crippen LogP contribution in [-0.2, 0) is 0 Å². The van der Waals surface area contributed by atoms with Crippen LogP contribution in [-0.4, -0.2) is 4.99 Å². The maximum atomic E-state index is 5.30. The van der Waals surface area contributed by atoms with Crippen LogP contribution >= 0.6 is 12.2 Å². The molecule has 1 aliphatic carbocycles. The molecule has 2 heteroatoms. The molecule has 1 rings (SSSR count). The zero-order valence-electron chi connectivity index (χ0n) is 4.89. The van der Waals surface area contributed by atoms with E-state index in [1.807, 2.05) is 0 Å². The average Bonchev–Trinajstić information content (AvgIpc) is 2.41. The molecule has 0 atom stereocenters. The summed E-state index contributed by atoms with van der Waals surface area (Å²) in [7, 11) is 0. The highest BCUT2D eigenvalue weighted by Crippen LogP contribution is 2.33. The van der Waals surface area contributed by atoms with E-state index in [1.165, 1.54) is 19.3 Å². The van der Waals surface area contributed by atoms with Crippen LogP contribution in [0.1, 0.15) is 25.7 Å². The Labute approximate surface area is 55.3 Å². The molecule has 0 aromatic heterocycles. The summed E-state index contributed by atoms with van der Waals surface area (Å²) < 4.78 is 0. The highest BCUT2D eigenvalue weighted by atomic mass is 32.1. The molecule has 1 saturated carbocycles. The first-order valence-electron chi connectivity index (χ1n) is 3.07. The monoisotopic (exact) mass is 129 g/mol. The number of thiocarbonyl (C=S) groups is 1. The van der Waals surface area contributed by atoms with Crippen molar-refractivity contribution in [2.24, 2.45) is 11.7 Å². The summed E-state index contributed by atoms with van der Waals surface area (Å²) in [5.41, 5.74) is 5.30. The molecule has 1 nitrogen and oxygen atoms in total. The van der Waals surface area contributed by atoms with Crippen molar-refractivity contribution in [3.8, 4) is 0 Å². The highest BCUT2D eigenvalue weighted by molar-refractivity contribution is 7.80. The molecule has 46 valence electrons. The van der Waals surface area contributed by atoms with Crippen LogP contribution in [0.25, 0.3) is 0 Å². The van der Waals surface area contributed by atoms with E-state index in [2.05, 4.69) is 0 Å². The summed E-state index contributed by atoms with van der Waals surface area (Å²) in [6.45, 7) is 0. The second-order valence-electron chi connectivity index (χ2n) is 2.45. The normalized spacial score (nSPS) is 18.5. The van der Waals surface area contributed by atoms with Gasteiger partial charge in [0.1, 0.15) is 0 Å². The smallest absolute Gasteiger partial charge is 0.0727 e. The highest BCUT2D eigenvalue weighted by Gasteiger charge is 2.20. The van der Waals surface area contributed by atoms with Gasteiger partial charge in [-0.1, -0.05) is 25.1 Å². The topological polar surface area (TPSA) is 26.0 Å². The van der Waals surface area contributed by atoms with E-state index in [0.29, 0.717) is 4.99 Å². The first kappa shape index (κ1) is 6.02. The molecule has 0 saturated heterocycles. The summed E-state index contributed by atoms with van der Waals surface area (Å²) in [5.74, 6) is 0.969. The zero-order chi connectivity index (χ0) is 5.98. The van der Waals surface area contributed by atoms with Crippen molar-refractivity contribution in [2.75, 3.05) is 0 Å². The van der Waals surface area contributed by atoms with E-state index in [1.54, 1.807) is 0 Å². The Hall–Kier alpha value is -0.110. The molecule has 0 radical (unpaired) electrons. The van der Waals surface area contributed by atoms with Gasteiger partial charge in [0.15, 0.2) is 0 Å². The van der Waals surface area contributed by atoms with Gasteiger partial charge in [-0.3, -0.25) is 0 Å². The Morgan fingerprint density at radius 2 is 2.25 bits per heavy atom. The molecule has 0 heterocycles. The third-order valence-electron chi connectivity index (χ3n) is 1.50. The van der Waals surface area contributed by atoms with Crippen LogP contribution in [0.2, 0.25) is 0 Å². The molecule has 0 aliphatic heterocycles. The van der Waals surface area contributed by atoms with Gasteiger partial charge in [0.2, 0.25) is 0 Å². The van der Waals surface area contributed by atoms with Crippen molar-refractivity contribution >= 4 is 17.2 Å². The van der Waals surface area contributed by atoms with Gasteiger partial charge >= 0.3 is 0 Å². The van der Waals surface area contributed by atoms with Crippen molar-refractivity contribution in [2.45, 2.75) is 25.7 Å². The predicted molar refractivity (Wildman–Crippen MR) is 38.7 cm³/mol. The molecule has 0 amide bonds. The van der Waals surface area contributed by atoms with Crippen molar-refractivity contribution in [3.63, 3.8) is 0 Å². The fraction of sp³-hybridized carbons (Fsp3) is 0.833. The third-order valence-corrected chi connectivity index (χ3v) is 1.70. The van der Waals surface area contributed by atoms with Crippen LogP contribution < -0.4 is 5.73 Å². The Morgan fingerprint density at radius 3 is 2.62 bits per heavy atom. The minimum Gasteiger partial charge on any atom is -0.393 e. The Balaban J connectivity index is 1.95. The molecule has 1 fully saturated rings. The van der Waals surface area contributed by atoms with Gasteiger partial charge in [-0.2, -0.15) is 0 Å². The lowest BCUT2D eigenvalue weighted by Crippen LogP contribution is -2.06. The number of hydrogen-bond acceptors (Lipinski definition) is 1. The third kappa shape index (κ3) is 2.26. The minimum absolute atomic E-state index is 0.678. The Bertz CT molecular complexity index is 96.7. The molecule has 2 N–H and O–H groups in total. The van der Waals surface area contributed by atoms with Gasteiger partial charge < -0.3 is 5.73 Å². The number of rotatable bonds is 3. The number of nitrogens with two attached hydrogens (primary N) is 1. The molecular formula is C6H11NS. The van der Waals surface area contributed by atoms with E-state index in [-0.39, 0.29) is 0 Å².